The predicted molar refractivity (Wildman–Crippen MR) is 49.2 cm³/mol. The molecule has 0 aliphatic rings. The van der Waals surface area contributed by atoms with E-state index in [1.807, 2.05) is 24.3 Å². The number of benzene rings is 1. The fourth-order valence-electron chi connectivity index (χ4n) is 0.734. The molecule has 2 heteroatoms. The topological polar surface area (TPSA) is 17.1 Å². The van der Waals surface area contributed by atoms with Crippen molar-refractivity contribution in [2.45, 2.75) is 0 Å². The maximum Gasteiger partial charge on any atom is 0.142 e. The number of allylic oxidation sites excluding steroid dienone is 1. The summed E-state index contributed by atoms with van der Waals surface area (Å²) >= 11 is 3.32. The van der Waals surface area contributed by atoms with E-state index >= 15 is 0 Å². The first-order valence-electron chi connectivity index (χ1n) is 3.63. The Kier molecular flexibility index (Phi) is 2.52. The number of rotatable bonds is 2. The molecule has 0 saturated heterocycles. The third-order valence-electron chi connectivity index (χ3n) is 1.24. The van der Waals surface area contributed by atoms with E-state index < -0.39 is 6.26 Å². The van der Waals surface area contributed by atoms with Crippen molar-refractivity contribution in [1.82, 2.24) is 0 Å². The molecule has 0 aromatic heterocycles. The van der Waals surface area contributed by atoms with Crippen LogP contribution in [0.2, 0.25) is 0 Å². The van der Waals surface area contributed by atoms with E-state index in [4.69, 9.17) is 1.37 Å². The summed E-state index contributed by atoms with van der Waals surface area (Å²) in [5.41, 5.74) is 0.901. The van der Waals surface area contributed by atoms with Gasteiger partial charge in [-0.1, -0.05) is 40.2 Å². The molecule has 0 bridgehead atoms. The van der Waals surface area contributed by atoms with E-state index in [2.05, 4.69) is 15.9 Å². The third-order valence-corrected chi connectivity index (χ3v) is 1.96. The summed E-state index contributed by atoms with van der Waals surface area (Å²) in [6.07, 6.45) is 2.14. The van der Waals surface area contributed by atoms with E-state index in [0.717, 1.165) is 10.0 Å². The van der Waals surface area contributed by atoms with Gasteiger partial charge in [0.2, 0.25) is 0 Å². The van der Waals surface area contributed by atoms with Gasteiger partial charge in [-0.3, -0.25) is 4.79 Å². The zero-order chi connectivity index (χ0) is 8.97. The van der Waals surface area contributed by atoms with E-state index in [0.29, 0.717) is 0 Å². The Hall–Kier alpha value is -0.890. The molecule has 0 heterocycles. The lowest BCUT2D eigenvalue weighted by molar-refractivity contribution is -0.104. The Morgan fingerprint density at radius 1 is 1.45 bits per heavy atom. The van der Waals surface area contributed by atoms with Crippen LogP contribution in [0.1, 0.15) is 6.93 Å². The number of carbonyl (C=O) groups excluding carboxylic acids is 1. The highest BCUT2D eigenvalue weighted by Gasteiger charge is 1.90. The molecule has 1 nitrogen and oxygen atoms in total. The summed E-state index contributed by atoms with van der Waals surface area (Å²) in [5.74, 6) is 0. The average Bonchev–Trinajstić information content (AvgIpc) is 2.03. The molecule has 1 aromatic carbocycles. The molecule has 0 aliphatic heterocycles. The van der Waals surface area contributed by atoms with Crippen molar-refractivity contribution >= 4 is 28.3 Å². The number of hydrogen-bond donors (Lipinski definition) is 0. The quantitative estimate of drug-likeness (QED) is 0.545. The SMILES string of the molecule is [3H]C(=O)/C=C/c1ccccc1Br. The van der Waals surface area contributed by atoms with Gasteiger partial charge in [-0.2, -0.15) is 0 Å². The Morgan fingerprint density at radius 2 is 2.18 bits per heavy atom. The molecule has 0 aliphatic carbocycles. The summed E-state index contributed by atoms with van der Waals surface area (Å²) in [6, 6.07) is 7.51. The molecular weight excluding hydrogens is 204 g/mol. The van der Waals surface area contributed by atoms with E-state index in [-0.39, 0.29) is 0 Å². The van der Waals surface area contributed by atoms with Crippen LogP contribution < -0.4 is 0 Å². The van der Waals surface area contributed by atoms with Gasteiger partial charge >= 0.3 is 0 Å². The van der Waals surface area contributed by atoms with Crippen LogP contribution in [0.5, 0.6) is 0 Å². The predicted octanol–water partition coefficient (Wildman–Crippen LogP) is 2.66. The van der Waals surface area contributed by atoms with Crippen molar-refractivity contribution in [2.75, 3.05) is 0 Å². The summed E-state index contributed by atoms with van der Waals surface area (Å²) in [4.78, 5) is 10.3. The second kappa shape index (κ2) is 4.09. The molecule has 1 rings (SSSR count). The largest absolute Gasteiger partial charge is 0.299 e. The van der Waals surface area contributed by atoms with Crippen molar-refractivity contribution in [1.29, 1.82) is 0 Å². The minimum absolute atomic E-state index is 0.689. The van der Waals surface area contributed by atoms with E-state index in [9.17, 15) is 4.79 Å². The fourth-order valence-corrected chi connectivity index (χ4v) is 1.15. The van der Waals surface area contributed by atoms with Crippen LogP contribution in [0, 0.1) is 0 Å². The van der Waals surface area contributed by atoms with Crippen LogP contribution >= 0.6 is 15.9 Å². The van der Waals surface area contributed by atoms with E-state index in [1.165, 1.54) is 6.08 Å². The maximum absolute atomic E-state index is 10.3. The van der Waals surface area contributed by atoms with Crippen LogP contribution in [0.25, 0.3) is 6.08 Å². The zero-order valence-corrected chi connectivity index (χ0v) is 7.34. The number of aldehydes is 1. The van der Waals surface area contributed by atoms with Gasteiger partial charge < -0.3 is 0 Å². The van der Waals surface area contributed by atoms with Crippen LogP contribution in [0.15, 0.2) is 34.8 Å². The summed E-state index contributed by atoms with van der Waals surface area (Å²) < 4.78 is 7.58. The van der Waals surface area contributed by atoms with Crippen molar-refractivity contribution < 1.29 is 6.17 Å². The highest BCUT2D eigenvalue weighted by Crippen LogP contribution is 2.16. The smallest absolute Gasteiger partial charge is 0.142 e. The molecule has 0 radical (unpaired) electrons. The third kappa shape index (κ3) is 2.31. The summed E-state index contributed by atoms with van der Waals surface area (Å²) in [5, 5.41) is 0. The molecule has 0 saturated carbocycles. The van der Waals surface area contributed by atoms with Gasteiger partial charge in [-0.15, -0.1) is 0 Å². The average molecular weight is 213 g/mol. The van der Waals surface area contributed by atoms with Gasteiger partial charge in [-0.25, -0.2) is 0 Å². The molecule has 0 atom stereocenters. The lowest BCUT2D eigenvalue weighted by atomic mass is 10.2. The van der Waals surface area contributed by atoms with Gasteiger partial charge in [0.25, 0.3) is 0 Å². The summed E-state index contributed by atoms with van der Waals surface area (Å²) in [7, 11) is 0. The van der Waals surface area contributed by atoms with Crippen molar-refractivity contribution in [3.05, 3.63) is 40.4 Å². The van der Waals surface area contributed by atoms with Gasteiger partial charge in [-0.05, 0) is 17.7 Å². The van der Waals surface area contributed by atoms with Gasteiger partial charge in [0.1, 0.15) is 7.63 Å². The molecule has 0 spiro atoms. The van der Waals surface area contributed by atoms with Crippen LogP contribution in [0.4, 0.5) is 0 Å². The molecule has 0 amide bonds. The second-order valence-corrected chi connectivity index (χ2v) is 2.83. The highest BCUT2D eigenvalue weighted by atomic mass is 79.9. The molecule has 11 heavy (non-hydrogen) atoms. The standard InChI is InChI=1S/C9H7BrO/c10-9-6-2-1-4-8(9)5-3-7-11/h1-7H/b5-3+/i7T. The van der Waals surface area contributed by atoms with Crippen LogP contribution in [-0.2, 0) is 4.79 Å². The molecule has 0 unspecified atom stereocenters. The number of hydrogen-bond acceptors (Lipinski definition) is 1. The molecule has 0 fully saturated rings. The summed E-state index contributed by atoms with van der Waals surface area (Å²) in [6.45, 7) is 0. The first-order chi connectivity index (χ1) is 5.70. The molecular formula is C9H7BrO. The van der Waals surface area contributed by atoms with Crippen molar-refractivity contribution in [3.63, 3.8) is 0 Å². The van der Waals surface area contributed by atoms with Gasteiger partial charge in [0, 0.05) is 4.47 Å². The Morgan fingerprint density at radius 3 is 2.82 bits per heavy atom. The van der Waals surface area contributed by atoms with Gasteiger partial charge in [0.05, 0.1) is 0 Å². The Labute approximate surface area is 75.3 Å². The highest BCUT2D eigenvalue weighted by molar-refractivity contribution is 9.10. The zero-order valence-electron chi connectivity index (χ0n) is 6.75. The first kappa shape index (κ1) is 6.80. The fraction of sp³-hybridized carbons (Fsp3) is 0. The lowest BCUT2D eigenvalue weighted by Crippen LogP contribution is -1.72. The minimum Gasteiger partial charge on any atom is -0.299 e. The Bertz CT molecular complexity index is 320. The minimum atomic E-state index is -0.689. The first-order valence-corrected chi connectivity index (χ1v) is 3.92. The maximum atomic E-state index is 10.3. The van der Waals surface area contributed by atoms with Crippen LogP contribution in [-0.4, -0.2) is 6.26 Å². The monoisotopic (exact) mass is 212 g/mol. The number of halogens is 1. The van der Waals surface area contributed by atoms with Crippen molar-refractivity contribution in [2.24, 2.45) is 0 Å². The lowest BCUT2D eigenvalue weighted by Gasteiger charge is -1.94. The van der Waals surface area contributed by atoms with Crippen molar-refractivity contribution in [3.8, 4) is 0 Å². The molecule has 1 aromatic rings. The number of carbonyl (C=O) groups is 1. The molecule has 56 valence electrons. The van der Waals surface area contributed by atoms with Gasteiger partial charge in [0.15, 0.2) is 0 Å². The Balaban J connectivity index is 2.89. The normalized spacial score (nSPS) is 11.5. The van der Waals surface area contributed by atoms with Crippen LogP contribution in [0.3, 0.4) is 0 Å². The van der Waals surface area contributed by atoms with E-state index in [1.54, 1.807) is 6.08 Å². The second-order valence-electron chi connectivity index (χ2n) is 1.97. The molecule has 0 N–H and O–H groups in total.